The van der Waals surface area contributed by atoms with Crippen LogP contribution in [-0.2, 0) is 22.4 Å². The van der Waals surface area contributed by atoms with Gasteiger partial charge in [0.2, 0.25) is 11.8 Å². The number of carbonyl (C=O) groups excluding carboxylic acids is 2. The van der Waals surface area contributed by atoms with Gasteiger partial charge in [-0.15, -0.1) is 0 Å². The predicted octanol–water partition coefficient (Wildman–Crippen LogP) is 1.88. The van der Waals surface area contributed by atoms with Crippen LogP contribution in [0.2, 0.25) is 0 Å². The van der Waals surface area contributed by atoms with Gasteiger partial charge in [0.1, 0.15) is 5.76 Å². The number of furan rings is 1. The van der Waals surface area contributed by atoms with Crippen molar-refractivity contribution in [1.82, 2.24) is 0 Å². The molecule has 2 amide bonds. The van der Waals surface area contributed by atoms with Gasteiger partial charge < -0.3 is 15.5 Å². The van der Waals surface area contributed by atoms with Crippen LogP contribution in [0.15, 0.2) is 47.1 Å². The van der Waals surface area contributed by atoms with E-state index in [9.17, 15) is 9.59 Å². The first-order chi connectivity index (χ1) is 9.63. The summed E-state index contributed by atoms with van der Waals surface area (Å²) in [5.74, 6) is 0.334. The summed E-state index contributed by atoms with van der Waals surface area (Å²) in [5.41, 5.74) is 6.63. The quantitative estimate of drug-likeness (QED) is 0.841. The van der Waals surface area contributed by atoms with Crippen LogP contribution in [0.3, 0.4) is 0 Å². The Labute approximate surface area is 116 Å². The molecule has 1 aromatic carbocycles. The van der Waals surface area contributed by atoms with E-state index >= 15 is 0 Å². The van der Waals surface area contributed by atoms with E-state index in [1.807, 2.05) is 6.07 Å². The van der Waals surface area contributed by atoms with Gasteiger partial charge in [-0.2, -0.15) is 0 Å². The standard InChI is InChI=1S/C15H16N2O3/c16-14(18)10-11-3-5-12(6-4-11)17-15(19)8-7-13-2-1-9-20-13/h1-6,9H,7-8,10H2,(H2,16,18)(H,17,19). The predicted molar refractivity (Wildman–Crippen MR) is 75.0 cm³/mol. The van der Waals surface area contributed by atoms with Gasteiger partial charge >= 0.3 is 0 Å². The number of nitrogens with two attached hydrogens (primary N) is 1. The first kappa shape index (κ1) is 13.9. The van der Waals surface area contributed by atoms with Crippen molar-refractivity contribution in [3.05, 3.63) is 54.0 Å². The SMILES string of the molecule is NC(=O)Cc1ccc(NC(=O)CCc2ccco2)cc1. The zero-order chi connectivity index (χ0) is 14.4. The van der Waals surface area contributed by atoms with Crippen LogP contribution in [0.4, 0.5) is 5.69 Å². The maximum absolute atomic E-state index is 11.7. The van der Waals surface area contributed by atoms with E-state index in [-0.39, 0.29) is 18.2 Å². The van der Waals surface area contributed by atoms with Crippen molar-refractivity contribution in [2.45, 2.75) is 19.3 Å². The second-order valence-corrected chi connectivity index (χ2v) is 4.47. The van der Waals surface area contributed by atoms with Gasteiger partial charge in [0, 0.05) is 18.5 Å². The molecule has 3 N–H and O–H groups in total. The molecule has 0 unspecified atom stereocenters. The Morgan fingerprint density at radius 2 is 1.90 bits per heavy atom. The van der Waals surface area contributed by atoms with Gasteiger partial charge in [0.15, 0.2) is 0 Å². The van der Waals surface area contributed by atoms with Crippen LogP contribution in [0.1, 0.15) is 17.7 Å². The Morgan fingerprint density at radius 1 is 1.15 bits per heavy atom. The van der Waals surface area contributed by atoms with Crippen LogP contribution >= 0.6 is 0 Å². The van der Waals surface area contributed by atoms with Crippen molar-refractivity contribution >= 4 is 17.5 Å². The number of hydrogen-bond acceptors (Lipinski definition) is 3. The van der Waals surface area contributed by atoms with Crippen molar-refractivity contribution in [3.8, 4) is 0 Å². The Morgan fingerprint density at radius 3 is 2.50 bits per heavy atom. The molecule has 5 nitrogen and oxygen atoms in total. The summed E-state index contributed by atoms with van der Waals surface area (Å²) in [4.78, 5) is 22.5. The molecule has 0 aliphatic rings. The van der Waals surface area contributed by atoms with Crippen molar-refractivity contribution in [1.29, 1.82) is 0 Å². The molecule has 0 aliphatic heterocycles. The molecule has 104 valence electrons. The van der Waals surface area contributed by atoms with Gasteiger partial charge in [-0.3, -0.25) is 9.59 Å². The highest BCUT2D eigenvalue weighted by molar-refractivity contribution is 5.90. The lowest BCUT2D eigenvalue weighted by Gasteiger charge is -2.05. The van der Waals surface area contributed by atoms with E-state index in [1.165, 1.54) is 0 Å². The molecular weight excluding hydrogens is 256 g/mol. The second kappa shape index (κ2) is 6.56. The normalized spacial score (nSPS) is 10.2. The summed E-state index contributed by atoms with van der Waals surface area (Å²) < 4.78 is 5.16. The Hall–Kier alpha value is -2.56. The number of hydrogen-bond donors (Lipinski definition) is 2. The minimum absolute atomic E-state index is 0.0796. The maximum atomic E-state index is 11.7. The number of anilines is 1. The first-order valence-corrected chi connectivity index (χ1v) is 6.33. The van der Waals surface area contributed by atoms with E-state index < -0.39 is 0 Å². The minimum Gasteiger partial charge on any atom is -0.469 e. The molecule has 1 heterocycles. The average molecular weight is 272 g/mol. The third-order valence-electron chi connectivity index (χ3n) is 2.79. The van der Waals surface area contributed by atoms with E-state index in [0.29, 0.717) is 18.5 Å². The Balaban J connectivity index is 1.83. The summed E-state index contributed by atoms with van der Waals surface area (Å²) in [7, 11) is 0. The number of amides is 2. The van der Waals surface area contributed by atoms with Crippen LogP contribution in [0.25, 0.3) is 0 Å². The monoisotopic (exact) mass is 272 g/mol. The summed E-state index contributed by atoms with van der Waals surface area (Å²) in [6.07, 6.45) is 2.71. The van der Waals surface area contributed by atoms with E-state index in [2.05, 4.69) is 5.32 Å². The van der Waals surface area contributed by atoms with Gasteiger partial charge in [0.25, 0.3) is 0 Å². The van der Waals surface area contributed by atoms with E-state index in [0.717, 1.165) is 11.3 Å². The zero-order valence-electron chi connectivity index (χ0n) is 11.0. The molecule has 0 saturated carbocycles. The molecule has 5 heteroatoms. The first-order valence-electron chi connectivity index (χ1n) is 6.33. The third-order valence-corrected chi connectivity index (χ3v) is 2.79. The van der Waals surface area contributed by atoms with Gasteiger partial charge in [-0.05, 0) is 29.8 Å². The van der Waals surface area contributed by atoms with E-state index in [4.69, 9.17) is 10.2 Å². The molecule has 0 fully saturated rings. The highest BCUT2D eigenvalue weighted by Gasteiger charge is 2.05. The topological polar surface area (TPSA) is 85.3 Å². The van der Waals surface area contributed by atoms with Crippen LogP contribution in [0.5, 0.6) is 0 Å². The van der Waals surface area contributed by atoms with Crippen LogP contribution < -0.4 is 11.1 Å². The minimum atomic E-state index is -0.375. The molecule has 1 aromatic heterocycles. The molecular formula is C15H16N2O3. The molecule has 0 atom stereocenters. The average Bonchev–Trinajstić information content (AvgIpc) is 2.91. The molecule has 2 rings (SSSR count). The number of benzene rings is 1. The maximum Gasteiger partial charge on any atom is 0.224 e. The molecule has 2 aromatic rings. The Bertz CT molecular complexity index is 574. The smallest absolute Gasteiger partial charge is 0.224 e. The largest absolute Gasteiger partial charge is 0.469 e. The molecule has 0 radical (unpaired) electrons. The van der Waals surface area contributed by atoms with Gasteiger partial charge in [-0.1, -0.05) is 12.1 Å². The number of nitrogens with one attached hydrogen (secondary N) is 1. The van der Waals surface area contributed by atoms with Crippen molar-refractivity contribution in [3.63, 3.8) is 0 Å². The van der Waals surface area contributed by atoms with Crippen molar-refractivity contribution < 1.29 is 14.0 Å². The molecule has 0 aliphatic carbocycles. The number of rotatable bonds is 6. The molecule has 0 spiro atoms. The highest BCUT2D eigenvalue weighted by Crippen LogP contribution is 2.11. The fourth-order valence-electron chi connectivity index (χ4n) is 1.82. The lowest BCUT2D eigenvalue weighted by Crippen LogP contribution is -2.14. The number of primary amides is 1. The van der Waals surface area contributed by atoms with Crippen LogP contribution in [-0.4, -0.2) is 11.8 Å². The number of aryl methyl sites for hydroxylation is 1. The lowest BCUT2D eigenvalue weighted by atomic mass is 10.1. The summed E-state index contributed by atoms with van der Waals surface area (Å²) in [5, 5.41) is 2.79. The van der Waals surface area contributed by atoms with Gasteiger partial charge in [-0.25, -0.2) is 0 Å². The van der Waals surface area contributed by atoms with E-state index in [1.54, 1.807) is 36.6 Å². The van der Waals surface area contributed by atoms with Crippen LogP contribution in [0, 0.1) is 0 Å². The van der Waals surface area contributed by atoms with Gasteiger partial charge in [0.05, 0.1) is 12.7 Å². The molecule has 0 bridgehead atoms. The zero-order valence-corrected chi connectivity index (χ0v) is 11.0. The Kier molecular flexibility index (Phi) is 4.55. The summed E-state index contributed by atoms with van der Waals surface area (Å²) in [6.45, 7) is 0. The summed E-state index contributed by atoms with van der Waals surface area (Å²) >= 11 is 0. The van der Waals surface area contributed by atoms with Crippen molar-refractivity contribution in [2.75, 3.05) is 5.32 Å². The number of carbonyl (C=O) groups is 2. The second-order valence-electron chi connectivity index (χ2n) is 4.47. The fourth-order valence-corrected chi connectivity index (χ4v) is 1.82. The highest BCUT2D eigenvalue weighted by atomic mass is 16.3. The molecule has 0 saturated heterocycles. The lowest BCUT2D eigenvalue weighted by molar-refractivity contribution is -0.117. The molecule has 20 heavy (non-hydrogen) atoms. The summed E-state index contributed by atoms with van der Waals surface area (Å²) in [6, 6.07) is 10.7. The third kappa shape index (κ3) is 4.28. The fraction of sp³-hybridized carbons (Fsp3) is 0.200. The van der Waals surface area contributed by atoms with Crippen molar-refractivity contribution in [2.24, 2.45) is 5.73 Å².